The van der Waals surface area contributed by atoms with Crippen molar-refractivity contribution in [2.75, 3.05) is 19.1 Å². The number of ether oxygens (including phenoxy) is 1. The molecule has 0 aromatic heterocycles. The summed E-state index contributed by atoms with van der Waals surface area (Å²) in [6.07, 6.45) is 3.12. The highest BCUT2D eigenvalue weighted by molar-refractivity contribution is 6.18. The van der Waals surface area contributed by atoms with Gasteiger partial charge in [0.05, 0.1) is 0 Å². The number of benzene rings is 1. The highest BCUT2D eigenvalue weighted by Gasteiger charge is 2.28. The largest absolute Gasteiger partial charge is 0.381 e. The van der Waals surface area contributed by atoms with Crippen LogP contribution in [0.2, 0.25) is 0 Å². The van der Waals surface area contributed by atoms with Crippen LogP contribution in [0.3, 0.4) is 0 Å². The highest BCUT2D eigenvalue weighted by Crippen LogP contribution is 2.33. The molecular weight excluding hydrogens is 232 g/mol. The molecule has 1 aromatic carbocycles. The van der Waals surface area contributed by atoms with Crippen molar-refractivity contribution in [1.29, 1.82) is 0 Å². The van der Waals surface area contributed by atoms with E-state index >= 15 is 0 Å². The Morgan fingerprint density at radius 2 is 1.82 bits per heavy atom. The minimum Gasteiger partial charge on any atom is -0.381 e. The molecule has 1 aromatic rings. The Morgan fingerprint density at radius 1 is 1.12 bits per heavy atom. The van der Waals surface area contributed by atoms with Crippen LogP contribution in [-0.4, -0.2) is 19.1 Å². The van der Waals surface area contributed by atoms with Crippen LogP contribution in [0.4, 0.5) is 0 Å². The molecule has 0 saturated carbocycles. The number of hydrogen-bond acceptors (Lipinski definition) is 1. The van der Waals surface area contributed by atoms with Crippen molar-refractivity contribution in [3.63, 3.8) is 0 Å². The molecule has 0 aliphatic carbocycles. The summed E-state index contributed by atoms with van der Waals surface area (Å²) in [6, 6.07) is 10.6. The topological polar surface area (TPSA) is 9.23 Å². The van der Waals surface area contributed by atoms with E-state index in [1.165, 1.54) is 5.56 Å². The molecule has 1 nitrogen and oxygen atoms in total. The molecule has 0 aliphatic heterocycles. The maximum atomic E-state index is 6.22. The predicted octanol–water partition coefficient (Wildman–Crippen LogP) is 4.39. The molecule has 2 heteroatoms. The van der Waals surface area contributed by atoms with E-state index in [1.54, 1.807) is 0 Å². The summed E-state index contributed by atoms with van der Waals surface area (Å²) in [4.78, 5) is 0. The molecule has 0 bridgehead atoms. The van der Waals surface area contributed by atoms with Gasteiger partial charge in [0.15, 0.2) is 0 Å². The Balaban J connectivity index is 2.68. The lowest BCUT2D eigenvalue weighted by molar-refractivity contribution is 0.116. The zero-order chi connectivity index (χ0) is 12.6. The molecular formula is C15H23ClO. The van der Waals surface area contributed by atoms with E-state index in [0.717, 1.165) is 32.5 Å². The van der Waals surface area contributed by atoms with Crippen molar-refractivity contribution < 1.29 is 4.74 Å². The van der Waals surface area contributed by atoms with Crippen molar-refractivity contribution in [1.82, 2.24) is 0 Å². The van der Waals surface area contributed by atoms with Crippen LogP contribution in [0, 0.1) is 0 Å². The predicted molar refractivity (Wildman–Crippen MR) is 74.9 cm³/mol. The number of rotatable bonds is 8. The van der Waals surface area contributed by atoms with E-state index in [9.17, 15) is 0 Å². The quantitative estimate of drug-likeness (QED) is 0.494. The molecule has 0 N–H and O–H groups in total. The number of alkyl halides is 1. The van der Waals surface area contributed by atoms with E-state index < -0.39 is 0 Å². The first-order valence-corrected chi connectivity index (χ1v) is 7.01. The van der Waals surface area contributed by atoms with E-state index in [2.05, 4.69) is 38.1 Å². The van der Waals surface area contributed by atoms with E-state index in [4.69, 9.17) is 16.3 Å². The Hall–Kier alpha value is -0.530. The third-order valence-corrected chi connectivity index (χ3v) is 3.90. The molecule has 0 fully saturated rings. The first-order chi connectivity index (χ1) is 8.29. The minimum atomic E-state index is 0.0660. The molecule has 96 valence electrons. The van der Waals surface area contributed by atoms with Gasteiger partial charge in [0.2, 0.25) is 0 Å². The lowest BCUT2D eigenvalue weighted by Crippen LogP contribution is -2.29. The van der Waals surface area contributed by atoms with Gasteiger partial charge in [-0.15, -0.1) is 11.6 Å². The first-order valence-electron chi connectivity index (χ1n) is 6.48. The summed E-state index contributed by atoms with van der Waals surface area (Å²) in [6.45, 7) is 5.97. The maximum absolute atomic E-state index is 6.22. The molecule has 0 amide bonds. The van der Waals surface area contributed by atoms with Crippen molar-refractivity contribution in [2.45, 2.75) is 38.5 Å². The van der Waals surface area contributed by atoms with Crippen LogP contribution in [-0.2, 0) is 10.2 Å². The second kappa shape index (κ2) is 7.73. The van der Waals surface area contributed by atoms with Gasteiger partial charge in [0.1, 0.15) is 0 Å². The van der Waals surface area contributed by atoms with E-state index in [1.807, 2.05) is 6.07 Å². The number of halogens is 1. The smallest absolute Gasteiger partial charge is 0.0474 e. The number of hydrogen-bond donors (Lipinski definition) is 0. The normalized spacial score (nSPS) is 14.5. The Kier molecular flexibility index (Phi) is 6.61. The zero-order valence-corrected chi connectivity index (χ0v) is 11.7. The van der Waals surface area contributed by atoms with Crippen molar-refractivity contribution >= 4 is 11.6 Å². The van der Waals surface area contributed by atoms with Crippen LogP contribution in [0.25, 0.3) is 0 Å². The van der Waals surface area contributed by atoms with Crippen LogP contribution >= 0.6 is 11.6 Å². The van der Waals surface area contributed by atoms with E-state index in [0.29, 0.717) is 5.88 Å². The first kappa shape index (κ1) is 14.5. The minimum absolute atomic E-state index is 0.0660. The van der Waals surface area contributed by atoms with Gasteiger partial charge in [0.25, 0.3) is 0 Å². The second-order valence-electron chi connectivity index (χ2n) is 4.50. The zero-order valence-electron chi connectivity index (χ0n) is 10.9. The average molecular weight is 255 g/mol. The molecule has 0 heterocycles. The van der Waals surface area contributed by atoms with Crippen LogP contribution in [0.15, 0.2) is 30.3 Å². The molecule has 1 unspecified atom stereocenters. The van der Waals surface area contributed by atoms with Gasteiger partial charge in [-0.05, 0) is 24.8 Å². The van der Waals surface area contributed by atoms with Gasteiger partial charge in [-0.1, -0.05) is 44.2 Å². The summed E-state index contributed by atoms with van der Waals surface area (Å²) in [5.41, 5.74) is 1.40. The standard InChI is InChI=1S/C15H23ClO/c1-3-11-17-12-10-15(4-2,13-16)14-8-6-5-7-9-14/h5-9H,3-4,10-13H2,1-2H3. The lowest BCUT2D eigenvalue weighted by atomic mass is 9.77. The fourth-order valence-corrected chi connectivity index (χ4v) is 2.55. The van der Waals surface area contributed by atoms with E-state index in [-0.39, 0.29) is 5.41 Å². The molecule has 0 radical (unpaired) electrons. The van der Waals surface area contributed by atoms with Crippen LogP contribution in [0.1, 0.15) is 38.7 Å². The lowest BCUT2D eigenvalue weighted by Gasteiger charge is -2.31. The molecule has 0 spiro atoms. The molecule has 1 atom stereocenters. The molecule has 0 aliphatic rings. The fourth-order valence-electron chi connectivity index (χ4n) is 2.07. The van der Waals surface area contributed by atoms with Gasteiger partial charge in [-0.2, -0.15) is 0 Å². The SMILES string of the molecule is CCCOCCC(CC)(CCl)c1ccccc1. The van der Waals surface area contributed by atoms with Crippen LogP contribution < -0.4 is 0 Å². The van der Waals surface area contributed by atoms with Gasteiger partial charge in [-0.3, -0.25) is 0 Å². The summed E-state index contributed by atoms with van der Waals surface area (Å²) in [7, 11) is 0. The van der Waals surface area contributed by atoms with Crippen molar-refractivity contribution in [2.24, 2.45) is 0 Å². The van der Waals surface area contributed by atoms with Gasteiger partial charge >= 0.3 is 0 Å². The molecule has 0 saturated heterocycles. The third kappa shape index (κ3) is 4.01. The molecule has 17 heavy (non-hydrogen) atoms. The highest BCUT2D eigenvalue weighted by atomic mass is 35.5. The monoisotopic (exact) mass is 254 g/mol. The summed E-state index contributed by atoms with van der Waals surface area (Å²) in [5.74, 6) is 0.656. The summed E-state index contributed by atoms with van der Waals surface area (Å²) in [5, 5.41) is 0. The van der Waals surface area contributed by atoms with Gasteiger partial charge in [-0.25, -0.2) is 0 Å². The Labute approximate surface area is 110 Å². The van der Waals surface area contributed by atoms with Crippen molar-refractivity contribution in [3.8, 4) is 0 Å². The summed E-state index contributed by atoms with van der Waals surface area (Å²) < 4.78 is 5.60. The second-order valence-corrected chi connectivity index (χ2v) is 4.76. The Morgan fingerprint density at radius 3 is 2.35 bits per heavy atom. The Bertz CT molecular complexity index is 293. The van der Waals surface area contributed by atoms with Crippen LogP contribution in [0.5, 0.6) is 0 Å². The third-order valence-electron chi connectivity index (χ3n) is 3.39. The van der Waals surface area contributed by atoms with Gasteiger partial charge < -0.3 is 4.74 Å². The average Bonchev–Trinajstić information content (AvgIpc) is 2.41. The van der Waals surface area contributed by atoms with Gasteiger partial charge in [0, 0.05) is 24.5 Å². The summed E-state index contributed by atoms with van der Waals surface area (Å²) >= 11 is 6.22. The van der Waals surface area contributed by atoms with Crippen molar-refractivity contribution in [3.05, 3.63) is 35.9 Å². The fraction of sp³-hybridized carbons (Fsp3) is 0.600. The maximum Gasteiger partial charge on any atom is 0.0474 e. The molecule has 1 rings (SSSR count).